The molecule has 1 aromatic rings. The molecule has 0 atom stereocenters. The minimum Gasteiger partial charge on any atom is -0.365 e. The van der Waals surface area contributed by atoms with Crippen LogP contribution in [0.5, 0.6) is 0 Å². The zero-order chi connectivity index (χ0) is 7.72. The molecule has 3 nitrogen and oxygen atoms in total. The third-order valence-corrected chi connectivity index (χ3v) is 2.26. The minimum absolute atomic E-state index is 0.0718. The first kappa shape index (κ1) is 7.78. The fourth-order valence-electron chi connectivity index (χ4n) is 0.451. The van der Waals surface area contributed by atoms with Crippen molar-refractivity contribution in [2.75, 3.05) is 0 Å². The van der Waals surface area contributed by atoms with Crippen molar-refractivity contribution in [3.05, 3.63) is 15.1 Å². The van der Waals surface area contributed by atoms with Crippen LogP contribution in [-0.2, 0) is 0 Å². The van der Waals surface area contributed by atoms with E-state index in [0.717, 1.165) is 11.5 Å². The summed E-state index contributed by atoms with van der Waals surface area (Å²) in [6, 6.07) is 0. The number of primary amides is 1. The Hall–Kier alpha value is -0.320. The molecule has 0 unspecified atom stereocenters. The van der Waals surface area contributed by atoms with Crippen molar-refractivity contribution in [1.29, 1.82) is 0 Å². The molecule has 1 rings (SSSR count). The normalized spacial score (nSPS) is 9.80. The van der Waals surface area contributed by atoms with Gasteiger partial charge in [-0.3, -0.25) is 4.79 Å². The first-order chi connectivity index (χ1) is 4.63. The van der Waals surface area contributed by atoms with Crippen molar-refractivity contribution in [3.8, 4) is 0 Å². The summed E-state index contributed by atoms with van der Waals surface area (Å²) in [6.45, 7) is 0. The van der Waals surface area contributed by atoms with E-state index in [9.17, 15) is 4.79 Å². The number of rotatable bonds is 1. The van der Waals surface area contributed by atoms with Crippen molar-refractivity contribution >= 4 is 40.6 Å². The molecule has 0 bridgehead atoms. The van der Waals surface area contributed by atoms with Gasteiger partial charge in [0.05, 0.1) is 0 Å². The molecule has 0 saturated carbocycles. The third kappa shape index (κ3) is 1.23. The number of nitrogens with two attached hydrogens (primary N) is 1. The topological polar surface area (TPSA) is 56.0 Å². The average Bonchev–Trinajstić information content (AvgIpc) is 2.11. The highest BCUT2D eigenvalue weighted by Gasteiger charge is 2.14. The Morgan fingerprint density at radius 2 is 2.20 bits per heavy atom. The Morgan fingerprint density at radius 3 is 2.40 bits per heavy atom. The van der Waals surface area contributed by atoms with E-state index >= 15 is 0 Å². The van der Waals surface area contributed by atoms with Crippen LogP contribution in [-0.4, -0.2) is 10.3 Å². The van der Waals surface area contributed by atoms with E-state index < -0.39 is 5.91 Å². The molecular formula is C4H2Cl2N2OS. The van der Waals surface area contributed by atoms with Crippen LogP contribution < -0.4 is 5.73 Å². The molecule has 0 radical (unpaired) electrons. The fraction of sp³-hybridized carbons (Fsp3) is 0. The van der Waals surface area contributed by atoms with Gasteiger partial charge in [0.15, 0.2) is 5.15 Å². The van der Waals surface area contributed by atoms with E-state index in [1.54, 1.807) is 0 Å². The highest BCUT2D eigenvalue weighted by Crippen LogP contribution is 2.26. The second kappa shape index (κ2) is 2.74. The first-order valence-electron chi connectivity index (χ1n) is 2.23. The zero-order valence-electron chi connectivity index (χ0n) is 4.60. The van der Waals surface area contributed by atoms with E-state index in [1.807, 2.05) is 0 Å². The van der Waals surface area contributed by atoms with Crippen molar-refractivity contribution < 1.29 is 4.79 Å². The second-order valence-electron chi connectivity index (χ2n) is 1.49. The fourth-order valence-corrected chi connectivity index (χ4v) is 1.67. The summed E-state index contributed by atoms with van der Waals surface area (Å²) in [7, 11) is 0. The Kier molecular flexibility index (Phi) is 2.13. The number of nitrogens with zero attached hydrogens (tertiary/aromatic N) is 1. The van der Waals surface area contributed by atoms with Crippen LogP contribution in [0.2, 0.25) is 9.49 Å². The van der Waals surface area contributed by atoms with Crippen molar-refractivity contribution in [2.45, 2.75) is 0 Å². The van der Waals surface area contributed by atoms with E-state index in [4.69, 9.17) is 28.9 Å². The lowest BCUT2D eigenvalue weighted by molar-refractivity contribution is 0.100. The van der Waals surface area contributed by atoms with Crippen molar-refractivity contribution in [2.24, 2.45) is 5.73 Å². The smallest absolute Gasteiger partial charge is 0.254 e. The van der Waals surface area contributed by atoms with Gasteiger partial charge in [0.25, 0.3) is 5.91 Å². The zero-order valence-corrected chi connectivity index (χ0v) is 6.93. The minimum atomic E-state index is -0.649. The summed E-state index contributed by atoms with van der Waals surface area (Å²) < 4.78 is 3.85. The van der Waals surface area contributed by atoms with Gasteiger partial charge < -0.3 is 5.73 Å². The summed E-state index contributed by atoms with van der Waals surface area (Å²) in [6.07, 6.45) is 0. The maximum absolute atomic E-state index is 10.5. The number of carbonyl (C=O) groups is 1. The molecule has 0 saturated heterocycles. The van der Waals surface area contributed by atoms with Gasteiger partial charge in [0, 0.05) is 0 Å². The highest BCUT2D eigenvalue weighted by molar-refractivity contribution is 7.11. The van der Waals surface area contributed by atoms with Crippen LogP contribution in [0.1, 0.15) is 10.4 Å². The predicted molar refractivity (Wildman–Crippen MR) is 40.7 cm³/mol. The first-order valence-corrected chi connectivity index (χ1v) is 3.76. The van der Waals surface area contributed by atoms with Crippen LogP contribution in [0, 0.1) is 0 Å². The van der Waals surface area contributed by atoms with E-state index in [1.165, 1.54) is 0 Å². The lowest BCUT2D eigenvalue weighted by atomic mass is 10.4. The summed E-state index contributed by atoms with van der Waals surface area (Å²) in [5, 5.41) is 0.0718. The molecule has 0 spiro atoms. The van der Waals surface area contributed by atoms with Crippen LogP contribution >= 0.6 is 34.7 Å². The van der Waals surface area contributed by atoms with Crippen LogP contribution in [0.3, 0.4) is 0 Å². The molecular weight excluding hydrogens is 195 g/mol. The Balaban J connectivity index is 3.23. The maximum atomic E-state index is 10.5. The van der Waals surface area contributed by atoms with Crippen LogP contribution in [0.15, 0.2) is 0 Å². The molecule has 0 fully saturated rings. The van der Waals surface area contributed by atoms with Gasteiger partial charge in [-0.1, -0.05) is 23.2 Å². The lowest BCUT2D eigenvalue weighted by Crippen LogP contribution is -2.10. The Morgan fingerprint density at radius 1 is 1.60 bits per heavy atom. The van der Waals surface area contributed by atoms with Gasteiger partial charge in [-0.25, -0.2) is 0 Å². The maximum Gasteiger partial charge on any atom is 0.254 e. The van der Waals surface area contributed by atoms with Gasteiger partial charge in [0.2, 0.25) is 0 Å². The molecule has 1 amide bonds. The number of amides is 1. The number of carbonyl (C=O) groups excluding carboxylic acids is 1. The summed E-state index contributed by atoms with van der Waals surface area (Å²) in [4.78, 5) is 10.5. The SMILES string of the molecule is NC(=O)c1c(Cl)nsc1Cl. The molecule has 0 aliphatic rings. The molecule has 6 heteroatoms. The molecule has 0 aliphatic carbocycles. The Labute approximate surface area is 70.9 Å². The number of hydrogen-bond acceptors (Lipinski definition) is 3. The molecule has 2 N–H and O–H groups in total. The number of aromatic nitrogens is 1. The number of hydrogen-bond donors (Lipinski definition) is 1. The van der Waals surface area contributed by atoms with Crippen LogP contribution in [0.25, 0.3) is 0 Å². The quantitative estimate of drug-likeness (QED) is 0.742. The standard InChI is InChI=1S/C4H2Cl2N2OS/c5-2-1(4(7)9)3(6)10-8-2/h(H2,7,9). The van der Waals surface area contributed by atoms with Crippen LogP contribution in [0.4, 0.5) is 0 Å². The largest absolute Gasteiger partial charge is 0.365 e. The molecule has 0 aromatic carbocycles. The van der Waals surface area contributed by atoms with E-state index in [0.29, 0.717) is 0 Å². The van der Waals surface area contributed by atoms with Gasteiger partial charge in [-0.2, -0.15) is 4.37 Å². The van der Waals surface area contributed by atoms with Gasteiger partial charge in [-0.05, 0) is 11.5 Å². The van der Waals surface area contributed by atoms with E-state index in [2.05, 4.69) is 4.37 Å². The summed E-state index contributed by atoms with van der Waals surface area (Å²) in [5.41, 5.74) is 5.02. The number of halogens is 2. The van der Waals surface area contributed by atoms with Crippen molar-refractivity contribution in [3.63, 3.8) is 0 Å². The summed E-state index contributed by atoms with van der Waals surface area (Å²) >= 11 is 11.9. The molecule has 10 heavy (non-hydrogen) atoms. The third-order valence-electron chi connectivity index (χ3n) is 0.855. The lowest BCUT2D eigenvalue weighted by Gasteiger charge is -1.87. The molecule has 0 aliphatic heterocycles. The predicted octanol–water partition coefficient (Wildman–Crippen LogP) is 1.55. The molecule has 1 heterocycles. The Bertz CT molecular complexity index is 253. The summed E-state index contributed by atoms with van der Waals surface area (Å²) in [5.74, 6) is -0.649. The average molecular weight is 197 g/mol. The monoisotopic (exact) mass is 196 g/mol. The van der Waals surface area contributed by atoms with Gasteiger partial charge in [0.1, 0.15) is 9.90 Å². The second-order valence-corrected chi connectivity index (χ2v) is 3.22. The molecule has 54 valence electrons. The van der Waals surface area contributed by atoms with Crippen molar-refractivity contribution in [1.82, 2.24) is 4.37 Å². The molecule has 1 aromatic heterocycles. The van der Waals surface area contributed by atoms with Gasteiger partial charge >= 0.3 is 0 Å². The van der Waals surface area contributed by atoms with Gasteiger partial charge in [-0.15, -0.1) is 0 Å². The van der Waals surface area contributed by atoms with E-state index in [-0.39, 0.29) is 15.1 Å². The highest BCUT2D eigenvalue weighted by atomic mass is 35.5.